The van der Waals surface area contributed by atoms with Crippen LogP contribution in [0.2, 0.25) is 0 Å². The highest BCUT2D eigenvalue weighted by Crippen LogP contribution is 2.41. The predicted octanol–water partition coefficient (Wildman–Crippen LogP) is 7.42. The fourth-order valence-electron chi connectivity index (χ4n) is 5.10. The van der Waals surface area contributed by atoms with Gasteiger partial charge in [0.25, 0.3) is 0 Å². The summed E-state index contributed by atoms with van der Waals surface area (Å²) in [5, 5.41) is 5.48. The number of hydrogen-bond acceptors (Lipinski definition) is 6. The lowest BCUT2D eigenvalue weighted by molar-refractivity contribution is 0.296. The Morgan fingerprint density at radius 3 is 2.15 bits per heavy atom. The number of anilines is 1. The molecule has 212 valence electrons. The van der Waals surface area contributed by atoms with E-state index in [9.17, 15) is 8.42 Å². The van der Waals surface area contributed by atoms with Crippen LogP contribution in [-0.4, -0.2) is 52.9 Å². The first-order valence-corrected chi connectivity index (χ1v) is 15.5. The fraction of sp³-hybridized carbons (Fsp3) is 0.312. The van der Waals surface area contributed by atoms with Crippen molar-refractivity contribution in [3.05, 3.63) is 78.9 Å². The van der Waals surface area contributed by atoms with Gasteiger partial charge in [-0.3, -0.25) is 0 Å². The van der Waals surface area contributed by atoms with Gasteiger partial charge < -0.3 is 19.7 Å². The highest BCUT2D eigenvalue weighted by Gasteiger charge is 2.15. The zero-order valence-electron chi connectivity index (χ0n) is 23.1. The van der Waals surface area contributed by atoms with Crippen LogP contribution in [0.25, 0.3) is 21.9 Å². The van der Waals surface area contributed by atoms with E-state index in [1.54, 1.807) is 19.2 Å². The van der Waals surface area contributed by atoms with E-state index < -0.39 is 9.84 Å². The van der Waals surface area contributed by atoms with E-state index in [0.717, 1.165) is 52.2 Å². The monoisotopic (exact) mass is 580 g/mol. The van der Waals surface area contributed by atoms with E-state index in [1.165, 1.54) is 45.0 Å². The molecule has 6 nitrogen and oxygen atoms in total. The standard InChI is InChI=1S/C32H36N2O4S.ClH/c1-37-28-14-18-31-25(23-28)9-17-30(24-7-15-29(16-8-24)39(2,35)36)32(31)38-27-12-10-26(11-13-27)33-19-22-34-20-5-3-4-6-21-34;/h7-18,23,33H,3-6,19-22H2,1-2H3;1H. The summed E-state index contributed by atoms with van der Waals surface area (Å²) >= 11 is 0. The van der Waals surface area contributed by atoms with Crippen LogP contribution < -0.4 is 14.8 Å². The first kappa shape index (κ1) is 29.7. The zero-order chi connectivity index (χ0) is 27.2. The van der Waals surface area contributed by atoms with E-state index in [2.05, 4.69) is 10.2 Å². The van der Waals surface area contributed by atoms with Crippen molar-refractivity contribution in [3.8, 4) is 28.4 Å². The van der Waals surface area contributed by atoms with Crippen LogP contribution in [0, 0.1) is 0 Å². The summed E-state index contributed by atoms with van der Waals surface area (Å²) in [6.07, 6.45) is 6.52. The van der Waals surface area contributed by atoms with Crippen molar-refractivity contribution in [2.24, 2.45) is 0 Å². The second kappa shape index (κ2) is 13.4. The highest BCUT2D eigenvalue weighted by molar-refractivity contribution is 7.90. The zero-order valence-corrected chi connectivity index (χ0v) is 24.7. The number of sulfone groups is 1. The Bertz CT molecular complexity index is 1520. The molecule has 1 saturated heterocycles. The van der Waals surface area contributed by atoms with Crippen molar-refractivity contribution >= 4 is 38.7 Å². The van der Waals surface area contributed by atoms with E-state index in [1.807, 2.05) is 66.7 Å². The van der Waals surface area contributed by atoms with Gasteiger partial charge in [0.05, 0.1) is 12.0 Å². The summed E-state index contributed by atoms with van der Waals surface area (Å²) in [5.41, 5.74) is 2.82. The summed E-state index contributed by atoms with van der Waals surface area (Å²) in [5.74, 6) is 2.21. The van der Waals surface area contributed by atoms with Crippen molar-refractivity contribution in [2.75, 3.05) is 44.9 Å². The van der Waals surface area contributed by atoms with Crippen molar-refractivity contribution in [2.45, 2.75) is 30.6 Å². The predicted molar refractivity (Wildman–Crippen MR) is 166 cm³/mol. The van der Waals surface area contributed by atoms with Crippen LogP contribution in [0.15, 0.2) is 83.8 Å². The quantitative estimate of drug-likeness (QED) is 0.222. The average molecular weight is 581 g/mol. The molecule has 0 aliphatic carbocycles. The van der Waals surface area contributed by atoms with Gasteiger partial charge in [0.2, 0.25) is 0 Å². The van der Waals surface area contributed by atoms with Crippen molar-refractivity contribution < 1.29 is 17.9 Å². The van der Waals surface area contributed by atoms with Gasteiger partial charge >= 0.3 is 0 Å². The average Bonchev–Trinajstić information content (AvgIpc) is 3.22. The van der Waals surface area contributed by atoms with Gasteiger partial charge in [-0.2, -0.15) is 0 Å². The second-order valence-corrected chi connectivity index (χ2v) is 12.2. The molecule has 0 radical (unpaired) electrons. The number of methoxy groups -OCH3 is 1. The molecule has 4 aromatic carbocycles. The first-order valence-electron chi connectivity index (χ1n) is 13.6. The molecule has 1 aliphatic rings. The molecule has 0 atom stereocenters. The molecular weight excluding hydrogens is 544 g/mol. The Morgan fingerprint density at radius 2 is 1.50 bits per heavy atom. The Kier molecular flexibility index (Phi) is 9.95. The lowest BCUT2D eigenvalue weighted by Gasteiger charge is -2.20. The van der Waals surface area contributed by atoms with Gasteiger partial charge in [-0.15, -0.1) is 12.4 Å². The minimum Gasteiger partial charge on any atom is -0.497 e. The number of hydrogen-bond donors (Lipinski definition) is 1. The number of benzene rings is 4. The molecule has 0 spiro atoms. The third-order valence-electron chi connectivity index (χ3n) is 7.30. The number of rotatable bonds is 9. The van der Waals surface area contributed by atoms with Crippen LogP contribution in [0.1, 0.15) is 25.7 Å². The van der Waals surface area contributed by atoms with Crippen LogP contribution in [0.5, 0.6) is 17.2 Å². The molecule has 40 heavy (non-hydrogen) atoms. The molecular formula is C32H37ClN2O4S. The number of nitrogens with one attached hydrogen (secondary N) is 1. The van der Waals surface area contributed by atoms with Crippen molar-refractivity contribution in [1.29, 1.82) is 0 Å². The first-order chi connectivity index (χ1) is 18.9. The molecule has 1 N–H and O–H groups in total. The molecule has 4 aromatic rings. The van der Waals surface area contributed by atoms with Gasteiger partial charge in [0.15, 0.2) is 9.84 Å². The number of halogens is 1. The minimum absolute atomic E-state index is 0. The van der Waals surface area contributed by atoms with E-state index in [4.69, 9.17) is 9.47 Å². The second-order valence-electron chi connectivity index (χ2n) is 10.1. The number of likely N-dealkylation sites (tertiary alicyclic amines) is 1. The molecule has 1 aliphatic heterocycles. The maximum Gasteiger partial charge on any atom is 0.175 e. The Morgan fingerprint density at radius 1 is 0.825 bits per heavy atom. The van der Waals surface area contributed by atoms with Gasteiger partial charge in [-0.25, -0.2) is 8.42 Å². The summed E-state index contributed by atoms with van der Waals surface area (Å²) in [4.78, 5) is 2.84. The number of ether oxygens (including phenoxy) is 2. The maximum atomic E-state index is 12.0. The van der Waals surface area contributed by atoms with Gasteiger partial charge in [-0.05, 0) is 97.5 Å². The topological polar surface area (TPSA) is 67.9 Å². The summed E-state index contributed by atoms with van der Waals surface area (Å²) in [6, 6.07) is 24.9. The Hall–Kier alpha value is -3.26. The van der Waals surface area contributed by atoms with Crippen LogP contribution in [0.4, 0.5) is 5.69 Å². The molecule has 1 fully saturated rings. The minimum atomic E-state index is -3.28. The van der Waals surface area contributed by atoms with E-state index in [0.29, 0.717) is 5.75 Å². The fourth-order valence-corrected chi connectivity index (χ4v) is 5.73. The number of nitrogens with zero attached hydrogens (tertiary/aromatic N) is 1. The van der Waals surface area contributed by atoms with Crippen LogP contribution >= 0.6 is 12.4 Å². The molecule has 1 heterocycles. The molecule has 0 bridgehead atoms. The van der Waals surface area contributed by atoms with E-state index >= 15 is 0 Å². The normalized spacial score (nSPS) is 14.2. The van der Waals surface area contributed by atoms with Gasteiger partial charge in [-0.1, -0.05) is 31.0 Å². The molecule has 0 aromatic heterocycles. The largest absolute Gasteiger partial charge is 0.497 e. The van der Waals surface area contributed by atoms with Crippen molar-refractivity contribution in [3.63, 3.8) is 0 Å². The molecule has 8 heteroatoms. The maximum absolute atomic E-state index is 12.0. The lowest BCUT2D eigenvalue weighted by atomic mass is 9.99. The SMILES string of the molecule is COc1ccc2c(Oc3ccc(NCCN4CCCCCC4)cc3)c(-c3ccc(S(C)(=O)=O)cc3)ccc2c1.Cl. The van der Waals surface area contributed by atoms with E-state index in [-0.39, 0.29) is 17.3 Å². The Balaban J connectivity index is 0.00000370. The smallest absolute Gasteiger partial charge is 0.175 e. The molecule has 5 rings (SSSR count). The third kappa shape index (κ3) is 7.27. The van der Waals surface area contributed by atoms with Crippen molar-refractivity contribution in [1.82, 2.24) is 4.90 Å². The highest BCUT2D eigenvalue weighted by atomic mass is 35.5. The lowest BCUT2D eigenvalue weighted by Crippen LogP contribution is -2.29. The third-order valence-corrected chi connectivity index (χ3v) is 8.43. The van der Waals surface area contributed by atoms with Crippen LogP contribution in [-0.2, 0) is 9.84 Å². The Labute approximate surface area is 243 Å². The number of fused-ring (bicyclic) bond motifs is 1. The summed E-state index contributed by atoms with van der Waals surface area (Å²) in [6.45, 7) is 4.37. The molecule has 0 saturated carbocycles. The summed E-state index contributed by atoms with van der Waals surface area (Å²) in [7, 11) is -1.62. The molecule has 0 amide bonds. The molecule has 0 unspecified atom stereocenters. The van der Waals surface area contributed by atoms with Gasteiger partial charge in [0, 0.05) is 36.0 Å². The van der Waals surface area contributed by atoms with Crippen LogP contribution in [0.3, 0.4) is 0 Å². The van der Waals surface area contributed by atoms with Gasteiger partial charge in [0.1, 0.15) is 17.2 Å². The summed E-state index contributed by atoms with van der Waals surface area (Å²) < 4.78 is 35.9.